The number of rotatable bonds is 3. The molecule has 0 radical (unpaired) electrons. The SMILES string of the molecule is COC(C)/C=C/c1ccccc1Br. The lowest BCUT2D eigenvalue weighted by molar-refractivity contribution is 0.157. The van der Waals surface area contributed by atoms with Gasteiger partial charge in [-0.15, -0.1) is 0 Å². The molecule has 0 aromatic heterocycles. The van der Waals surface area contributed by atoms with Gasteiger partial charge in [0.05, 0.1) is 6.10 Å². The molecule has 1 nitrogen and oxygen atoms in total. The van der Waals surface area contributed by atoms with E-state index in [0.717, 1.165) is 4.47 Å². The van der Waals surface area contributed by atoms with E-state index < -0.39 is 0 Å². The first-order valence-corrected chi connectivity index (χ1v) is 4.99. The number of hydrogen-bond acceptors (Lipinski definition) is 1. The average molecular weight is 241 g/mol. The number of benzene rings is 1. The molecule has 1 rings (SSSR count). The third-order valence-electron chi connectivity index (χ3n) is 1.82. The summed E-state index contributed by atoms with van der Waals surface area (Å²) in [6.07, 6.45) is 4.24. The van der Waals surface area contributed by atoms with Crippen molar-refractivity contribution in [1.29, 1.82) is 0 Å². The Morgan fingerprint density at radius 1 is 1.38 bits per heavy atom. The van der Waals surface area contributed by atoms with Crippen LogP contribution in [0.15, 0.2) is 34.8 Å². The van der Waals surface area contributed by atoms with Crippen molar-refractivity contribution in [2.24, 2.45) is 0 Å². The van der Waals surface area contributed by atoms with Crippen LogP contribution in [0, 0.1) is 0 Å². The maximum Gasteiger partial charge on any atom is 0.0727 e. The van der Waals surface area contributed by atoms with Gasteiger partial charge in [-0.05, 0) is 18.6 Å². The van der Waals surface area contributed by atoms with E-state index >= 15 is 0 Å². The van der Waals surface area contributed by atoms with E-state index in [1.54, 1.807) is 7.11 Å². The molecular weight excluding hydrogens is 228 g/mol. The second kappa shape index (κ2) is 5.20. The summed E-state index contributed by atoms with van der Waals surface area (Å²) in [7, 11) is 1.70. The molecule has 0 aliphatic rings. The molecule has 0 amide bonds. The van der Waals surface area contributed by atoms with Gasteiger partial charge in [0.15, 0.2) is 0 Å². The molecule has 70 valence electrons. The summed E-state index contributed by atoms with van der Waals surface area (Å²) >= 11 is 3.48. The number of ether oxygens (including phenoxy) is 1. The van der Waals surface area contributed by atoms with Crippen molar-refractivity contribution in [2.45, 2.75) is 13.0 Å². The number of hydrogen-bond donors (Lipinski definition) is 0. The van der Waals surface area contributed by atoms with Crippen LogP contribution in [-0.4, -0.2) is 13.2 Å². The summed E-state index contributed by atoms with van der Waals surface area (Å²) in [5, 5.41) is 0. The molecule has 0 fully saturated rings. The van der Waals surface area contributed by atoms with Gasteiger partial charge < -0.3 is 4.74 Å². The van der Waals surface area contributed by atoms with Crippen molar-refractivity contribution in [2.75, 3.05) is 7.11 Å². The van der Waals surface area contributed by atoms with E-state index in [9.17, 15) is 0 Å². The third-order valence-corrected chi connectivity index (χ3v) is 2.55. The summed E-state index contributed by atoms with van der Waals surface area (Å²) in [5.74, 6) is 0. The molecule has 13 heavy (non-hydrogen) atoms. The van der Waals surface area contributed by atoms with Crippen molar-refractivity contribution in [1.82, 2.24) is 0 Å². The van der Waals surface area contributed by atoms with Crippen molar-refractivity contribution in [3.05, 3.63) is 40.4 Å². The molecule has 1 atom stereocenters. The van der Waals surface area contributed by atoms with Gasteiger partial charge in [-0.3, -0.25) is 0 Å². The molecule has 0 N–H and O–H groups in total. The Hall–Kier alpha value is -0.600. The molecule has 0 bridgehead atoms. The summed E-state index contributed by atoms with van der Waals surface area (Å²) < 4.78 is 6.22. The Bertz CT molecular complexity index is 294. The Morgan fingerprint density at radius 2 is 2.08 bits per heavy atom. The first-order chi connectivity index (χ1) is 6.24. The van der Waals surface area contributed by atoms with Crippen LogP contribution in [-0.2, 0) is 4.74 Å². The zero-order chi connectivity index (χ0) is 9.68. The molecule has 0 spiro atoms. The van der Waals surface area contributed by atoms with Crippen LogP contribution in [0.25, 0.3) is 6.08 Å². The molecule has 1 aromatic carbocycles. The minimum absolute atomic E-state index is 0.159. The number of halogens is 1. The summed E-state index contributed by atoms with van der Waals surface area (Å²) in [5.41, 5.74) is 1.17. The minimum Gasteiger partial charge on any atom is -0.378 e. The highest BCUT2D eigenvalue weighted by Crippen LogP contribution is 2.17. The fourth-order valence-electron chi connectivity index (χ4n) is 0.928. The quantitative estimate of drug-likeness (QED) is 0.786. The predicted molar refractivity (Wildman–Crippen MR) is 59.6 cm³/mol. The second-order valence-corrected chi connectivity index (χ2v) is 3.68. The second-order valence-electron chi connectivity index (χ2n) is 2.82. The van der Waals surface area contributed by atoms with Gasteiger partial charge >= 0.3 is 0 Å². The monoisotopic (exact) mass is 240 g/mol. The van der Waals surface area contributed by atoms with Gasteiger partial charge in [0.2, 0.25) is 0 Å². The Kier molecular flexibility index (Phi) is 4.19. The van der Waals surface area contributed by atoms with Gasteiger partial charge in [-0.2, -0.15) is 0 Å². The zero-order valence-corrected chi connectivity index (χ0v) is 9.41. The van der Waals surface area contributed by atoms with E-state index in [0.29, 0.717) is 0 Å². The maximum absolute atomic E-state index is 5.11. The van der Waals surface area contributed by atoms with Gasteiger partial charge in [-0.25, -0.2) is 0 Å². The van der Waals surface area contributed by atoms with Crippen LogP contribution in [0.2, 0.25) is 0 Å². The van der Waals surface area contributed by atoms with Crippen LogP contribution in [0.1, 0.15) is 12.5 Å². The molecule has 2 heteroatoms. The lowest BCUT2D eigenvalue weighted by Gasteiger charge is -2.02. The lowest BCUT2D eigenvalue weighted by Crippen LogP contribution is -1.98. The van der Waals surface area contributed by atoms with Gasteiger partial charge in [0.25, 0.3) is 0 Å². The molecule has 0 heterocycles. The fourth-order valence-corrected chi connectivity index (χ4v) is 1.34. The fraction of sp³-hybridized carbons (Fsp3) is 0.273. The van der Waals surface area contributed by atoms with Crippen molar-refractivity contribution >= 4 is 22.0 Å². The van der Waals surface area contributed by atoms with E-state index in [-0.39, 0.29) is 6.10 Å². The van der Waals surface area contributed by atoms with Crippen molar-refractivity contribution < 1.29 is 4.74 Å². The molecule has 0 saturated heterocycles. The van der Waals surface area contributed by atoms with Gasteiger partial charge in [0, 0.05) is 11.6 Å². The van der Waals surface area contributed by atoms with Crippen LogP contribution < -0.4 is 0 Å². The topological polar surface area (TPSA) is 9.23 Å². The Morgan fingerprint density at radius 3 is 2.69 bits per heavy atom. The molecule has 0 saturated carbocycles. The van der Waals surface area contributed by atoms with Crippen LogP contribution in [0.5, 0.6) is 0 Å². The van der Waals surface area contributed by atoms with Crippen LogP contribution in [0.4, 0.5) is 0 Å². The highest BCUT2D eigenvalue weighted by atomic mass is 79.9. The standard InChI is InChI=1S/C11H13BrO/c1-9(13-2)7-8-10-5-3-4-6-11(10)12/h3-9H,1-2H3/b8-7+. The van der Waals surface area contributed by atoms with E-state index in [4.69, 9.17) is 4.74 Å². The lowest BCUT2D eigenvalue weighted by atomic mass is 10.2. The molecular formula is C11H13BrO. The molecule has 0 aliphatic carbocycles. The zero-order valence-electron chi connectivity index (χ0n) is 7.83. The summed E-state index contributed by atoms with van der Waals surface area (Å²) in [6, 6.07) is 8.10. The normalized spacial score (nSPS) is 13.5. The van der Waals surface area contributed by atoms with E-state index in [2.05, 4.69) is 28.1 Å². The first kappa shape index (κ1) is 10.5. The smallest absolute Gasteiger partial charge is 0.0727 e. The van der Waals surface area contributed by atoms with Gasteiger partial charge in [-0.1, -0.05) is 46.3 Å². The third kappa shape index (κ3) is 3.33. The maximum atomic E-state index is 5.11. The number of methoxy groups -OCH3 is 1. The average Bonchev–Trinajstić information content (AvgIpc) is 2.16. The van der Waals surface area contributed by atoms with Crippen molar-refractivity contribution in [3.63, 3.8) is 0 Å². The largest absolute Gasteiger partial charge is 0.378 e. The predicted octanol–water partition coefficient (Wildman–Crippen LogP) is 3.50. The van der Waals surface area contributed by atoms with E-state index in [1.807, 2.05) is 31.2 Å². The van der Waals surface area contributed by atoms with Crippen LogP contribution >= 0.6 is 15.9 Å². The van der Waals surface area contributed by atoms with Crippen LogP contribution in [0.3, 0.4) is 0 Å². The van der Waals surface area contributed by atoms with E-state index in [1.165, 1.54) is 5.56 Å². The molecule has 1 aromatic rings. The molecule has 0 aliphatic heterocycles. The summed E-state index contributed by atoms with van der Waals surface area (Å²) in [4.78, 5) is 0. The minimum atomic E-state index is 0.159. The highest BCUT2D eigenvalue weighted by Gasteiger charge is 1.94. The first-order valence-electron chi connectivity index (χ1n) is 4.19. The summed E-state index contributed by atoms with van der Waals surface area (Å²) in [6.45, 7) is 2.01. The molecule has 1 unspecified atom stereocenters. The highest BCUT2D eigenvalue weighted by molar-refractivity contribution is 9.10. The van der Waals surface area contributed by atoms with Crippen molar-refractivity contribution in [3.8, 4) is 0 Å². The van der Waals surface area contributed by atoms with Gasteiger partial charge in [0.1, 0.15) is 0 Å². The Balaban J connectivity index is 2.74. The Labute approximate surface area is 87.5 Å².